The van der Waals surface area contributed by atoms with E-state index in [0.717, 1.165) is 23.9 Å². The maximum absolute atomic E-state index is 5.96. The average molecular weight is 276 g/mol. The Morgan fingerprint density at radius 2 is 2.00 bits per heavy atom. The summed E-state index contributed by atoms with van der Waals surface area (Å²) in [6.07, 6.45) is 5.07. The number of nitrogens with zero attached hydrogens (tertiary/aromatic N) is 3. The number of hydrogen-bond acceptors (Lipinski definition) is 4. The van der Waals surface area contributed by atoms with Crippen LogP contribution in [0.15, 0.2) is 6.07 Å². The first-order valence-electron chi connectivity index (χ1n) is 7.81. The van der Waals surface area contributed by atoms with Gasteiger partial charge in [0.1, 0.15) is 11.6 Å². The molecule has 0 aromatic carbocycles. The van der Waals surface area contributed by atoms with E-state index < -0.39 is 0 Å². The van der Waals surface area contributed by atoms with Crippen LogP contribution in [-0.2, 0) is 0 Å². The summed E-state index contributed by atoms with van der Waals surface area (Å²) in [6.45, 7) is 7.10. The van der Waals surface area contributed by atoms with E-state index >= 15 is 0 Å². The molecule has 20 heavy (non-hydrogen) atoms. The van der Waals surface area contributed by atoms with Crippen LogP contribution >= 0.6 is 0 Å². The first-order valence-corrected chi connectivity index (χ1v) is 7.81. The predicted molar refractivity (Wildman–Crippen MR) is 84.1 cm³/mol. The maximum atomic E-state index is 5.96. The van der Waals surface area contributed by atoms with Gasteiger partial charge in [0, 0.05) is 30.8 Å². The zero-order valence-corrected chi connectivity index (χ0v) is 13.3. The third-order valence-corrected chi connectivity index (χ3v) is 4.40. The third-order valence-electron chi connectivity index (χ3n) is 4.40. The molecule has 2 rings (SSSR count). The number of nitrogens with two attached hydrogens (primary N) is 1. The average Bonchev–Trinajstić information content (AvgIpc) is 2.45. The van der Waals surface area contributed by atoms with Crippen molar-refractivity contribution in [3.05, 3.63) is 17.6 Å². The van der Waals surface area contributed by atoms with Gasteiger partial charge in [-0.25, -0.2) is 9.97 Å². The van der Waals surface area contributed by atoms with E-state index in [1.807, 2.05) is 6.92 Å². The first-order chi connectivity index (χ1) is 9.52. The summed E-state index contributed by atoms with van der Waals surface area (Å²) in [5.74, 6) is 2.93. The zero-order chi connectivity index (χ0) is 14.7. The predicted octanol–water partition coefficient (Wildman–Crippen LogP) is 2.86. The molecule has 2 unspecified atom stereocenters. The summed E-state index contributed by atoms with van der Waals surface area (Å²) in [5, 5.41) is 0. The summed E-state index contributed by atoms with van der Waals surface area (Å²) >= 11 is 0. The van der Waals surface area contributed by atoms with E-state index in [2.05, 4.69) is 36.8 Å². The summed E-state index contributed by atoms with van der Waals surface area (Å²) in [7, 11) is 2.16. The molecule has 0 spiro atoms. The van der Waals surface area contributed by atoms with Crippen LogP contribution < -0.4 is 10.6 Å². The molecule has 4 heteroatoms. The van der Waals surface area contributed by atoms with Gasteiger partial charge < -0.3 is 10.6 Å². The minimum Gasteiger partial charge on any atom is -0.356 e. The Morgan fingerprint density at radius 3 is 2.65 bits per heavy atom. The Kier molecular flexibility index (Phi) is 4.97. The van der Waals surface area contributed by atoms with Crippen LogP contribution in [0.1, 0.15) is 57.0 Å². The molecule has 1 aliphatic carbocycles. The van der Waals surface area contributed by atoms with Gasteiger partial charge in [-0.1, -0.05) is 26.7 Å². The highest BCUT2D eigenvalue weighted by Gasteiger charge is 2.28. The van der Waals surface area contributed by atoms with Crippen LogP contribution in [0.3, 0.4) is 0 Å². The van der Waals surface area contributed by atoms with Crippen LogP contribution in [0.5, 0.6) is 0 Å². The number of aromatic nitrogens is 2. The molecule has 0 amide bonds. The first kappa shape index (κ1) is 15.2. The molecule has 2 N–H and O–H groups in total. The molecule has 1 aliphatic rings. The van der Waals surface area contributed by atoms with Crippen molar-refractivity contribution < 1.29 is 0 Å². The van der Waals surface area contributed by atoms with Gasteiger partial charge in [0.2, 0.25) is 0 Å². The fourth-order valence-electron chi connectivity index (χ4n) is 3.16. The zero-order valence-electron chi connectivity index (χ0n) is 13.3. The van der Waals surface area contributed by atoms with Crippen LogP contribution in [0.2, 0.25) is 0 Å². The quantitative estimate of drug-likeness (QED) is 0.918. The number of aryl methyl sites for hydroxylation is 1. The molecule has 0 radical (unpaired) electrons. The van der Waals surface area contributed by atoms with Crippen molar-refractivity contribution >= 4 is 5.82 Å². The number of hydrogen-bond donors (Lipinski definition) is 1. The van der Waals surface area contributed by atoms with Crippen LogP contribution in [0.4, 0.5) is 5.82 Å². The monoisotopic (exact) mass is 276 g/mol. The minimum absolute atomic E-state index is 0.360. The SMILES string of the molecule is Cc1cc(N(C)C2CCCCC2CN)nc(C(C)C)n1. The standard InChI is InChI=1S/C16H28N4/c1-11(2)16-18-12(3)9-15(19-16)20(4)14-8-6-5-7-13(14)10-17/h9,11,13-14H,5-8,10,17H2,1-4H3. The Morgan fingerprint density at radius 1 is 1.30 bits per heavy atom. The van der Waals surface area contributed by atoms with Crippen molar-refractivity contribution in [3.8, 4) is 0 Å². The fourth-order valence-corrected chi connectivity index (χ4v) is 3.16. The van der Waals surface area contributed by atoms with Gasteiger partial charge in [-0.05, 0) is 32.2 Å². The second-order valence-corrected chi connectivity index (χ2v) is 6.34. The van der Waals surface area contributed by atoms with Crippen molar-refractivity contribution in [2.24, 2.45) is 11.7 Å². The molecule has 4 nitrogen and oxygen atoms in total. The van der Waals surface area contributed by atoms with Crippen LogP contribution in [0.25, 0.3) is 0 Å². The van der Waals surface area contributed by atoms with Crippen LogP contribution in [-0.4, -0.2) is 29.6 Å². The Balaban J connectivity index is 2.25. The van der Waals surface area contributed by atoms with E-state index in [-0.39, 0.29) is 0 Å². The molecule has 0 bridgehead atoms. The number of anilines is 1. The molecule has 1 fully saturated rings. The molecule has 2 atom stereocenters. The van der Waals surface area contributed by atoms with Gasteiger partial charge in [-0.3, -0.25) is 0 Å². The van der Waals surface area contributed by atoms with Crippen molar-refractivity contribution in [3.63, 3.8) is 0 Å². The Hall–Kier alpha value is -1.16. The maximum Gasteiger partial charge on any atom is 0.133 e. The largest absolute Gasteiger partial charge is 0.356 e. The van der Waals surface area contributed by atoms with Crippen molar-refractivity contribution in [2.75, 3.05) is 18.5 Å². The van der Waals surface area contributed by atoms with E-state index in [1.54, 1.807) is 0 Å². The highest BCUT2D eigenvalue weighted by molar-refractivity contribution is 5.40. The van der Waals surface area contributed by atoms with Gasteiger partial charge in [0.25, 0.3) is 0 Å². The lowest BCUT2D eigenvalue weighted by atomic mass is 9.84. The summed E-state index contributed by atoms with van der Waals surface area (Å²) in [4.78, 5) is 11.6. The molecule has 1 aromatic heterocycles. The van der Waals surface area contributed by atoms with Gasteiger partial charge in [-0.2, -0.15) is 0 Å². The molecular formula is C16H28N4. The van der Waals surface area contributed by atoms with E-state index in [0.29, 0.717) is 17.9 Å². The summed E-state index contributed by atoms with van der Waals surface area (Å²) in [5.41, 5.74) is 7.01. The number of rotatable bonds is 4. The molecule has 1 aromatic rings. The highest BCUT2D eigenvalue weighted by atomic mass is 15.2. The topological polar surface area (TPSA) is 55.0 Å². The lowest BCUT2D eigenvalue weighted by Gasteiger charge is -2.38. The second-order valence-electron chi connectivity index (χ2n) is 6.34. The molecule has 1 saturated carbocycles. The van der Waals surface area contributed by atoms with Gasteiger partial charge in [0.05, 0.1) is 0 Å². The molecule has 0 saturated heterocycles. The van der Waals surface area contributed by atoms with E-state index in [9.17, 15) is 0 Å². The van der Waals surface area contributed by atoms with Crippen molar-refractivity contribution in [1.82, 2.24) is 9.97 Å². The second kappa shape index (κ2) is 6.53. The van der Waals surface area contributed by atoms with Gasteiger partial charge >= 0.3 is 0 Å². The fraction of sp³-hybridized carbons (Fsp3) is 0.750. The Labute approximate surface area is 122 Å². The normalized spacial score (nSPS) is 23.1. The lowest BCUT2D eigenvalue weighted by molar-refractivity contribution is 0.305. The lowest BCUT2D eigenvalue weighted by Crippen LogP contribution is -2.43. The van der Waals surface area contributed by atoms with E-state index in [1.165, 1.54) is 25.7 Å². The summed E-state index contributed by atoms with van der Waals surface area (Å²) < 4.78 is 0. The molecule has 112 valence electrons. The summed E-state index contributed by atoms with van der Waals surface area (Å²) in [6, 6.07) is 2.61. The molecule has 1 heterocycles. The third kappa shape index (κ3) is 3.29. The van der Waals surface area contributed by atoms with Gasteiger partial charge in [0.15, 0.2) is 0 Å². The molecule has 0 aliphatic heterocycles. The van der Waals surface area contributed by atoms with Crippen molar-refractivity contribution in [1.29, 1.82) is 0 Å². The van der Waals surface area contributed by atoms with Crippen LogP contribution in [0, 0.1) is 12.8 Å². The highest BCUT2D eigenvalue weighted by Crippen LogP contribution is 2.30. The molecular weight excluding hydrogens is 248 g/mol. The smallest absolute Gasteiger partial charge is 0.133 e. The minimum atomic E-state index is 0.360. The van der Waals surface area contributed by atoms with Gasteiger partial charge in [-0.15, -0.1) is 0 Å². The van der Waals surface area contributed by atoms with E-state index in [4.69, 9.17) is 10.7 Å². The Bertz CT molecular complexity index is 444. The van der Waals surface area contributed by atoms with Crippen molar-refractivity contribution in [2.45, 2.75) is 58.4 Å².